The second kappa shape index (κ2) is 6.20. The molecule has 0 N–H and O–H groups in total. The van der Waals surface area contributed by atoms with Crippen LogP contribution < -0.4 is 0 Å². The van der Waals surface area contributed by atoms with Gasteiger partial charge < -0.3 is 0 Å². The summed E-state index contributed by atoms with van der Waals surface area (Å²) >= 11 is 0. The van der Waals surface area contributed by atoms with Crippen LogP contribution in [0.1, 0.15) is 22.3 Å². The van der Waals surface area contributed by atoms with Crippen LogP contribution in [0.4, 0.5) is 0 Å². The minimum absolute atomic E-state index is 1.39. The third-order valence-corrected chi connectivity index (χ3v) is 2.50. The smallest absolute Gasteiger partial charge is 0.0392 e. The van der Waals surface area contributed by atoms with Crippen molar-refractivity contribution < 1.29 is 0 Å². The fourth-order valence-corrected chi connectivity index (χ4v) is 1.09. The maximum absolute atomic E-state index is 3.36. The zero-order valence-electron chi connectivity index (χ0n) is 9.72. The summed E-state index contributed by atoms with van der Waals surface area (Å²) in [5, 5.41) is 0. The Kier molecular flexibility index (Phi) is 5.62. The van der Waals surface area contributed by atoms with E-state index < -0.39 is 0 Å². The molecule has 0 spiro atoms. The molecular weight excluding hydrogens is 168 g/mol. The highest BCUT2D eigenvalue weighted by atomic mass is 14.0. The molecule has 0 amide bonds. The fourth-order valence-electron chi connectivity index (χ4n) is 1.09. The first-order chi connectivity index (χ1) is 6.54. The first kappa shape index (κ1) is 12.7. The molecule has 0 atom stereocenters. The third-order valence-electron chi connectivity index (χ3n) is 2.50. The van der Waals surface area contributed by atoms with Gasteiger partial charge in [-0.1, -0.05) is 37.4 Å². The van der Waals surface area contributed by atoms with Crippen LogP contribution in [0.25, 0.3) is 0 Å². The SMILES string of the molecule is C=CC=C.Cc1ccc(C)c(C)c1C. The van der Waals surface area contributed by atoms with E-state index in [1.807, 2.05) is 0 Å². The van der Waals surface area contributed by atoms with Gasteiger partial charge in [0.15, 0.2) is 0 Å². The van der Waals surface area contributed by atoms with E-state index in [9.17, 15) is 0 Å². The highest BCUT2D eigenvalue weighted by molar-refractivity contribution is 5.37. The summed E-state index contributed by atoms with van der Waals surface area (Å²) in [4.78, 5) is 0. The molecule has 0 saturated heterocycles. The van der Waals surface area contributed by atoms with Crippen molar-refractivity contribution in [1.29, 1.82) is 0 Å². The van der Waals surface area contributed by atoms with Crippen molar-refractivity contribution in [2.45, 2.75) is 27.7 Å². The van der Waals surface area contributed by atoms with Crippen LogP contribution in [0, 0.1) is 27.7 Å². The van der Waals surface area contributed by atoms with Crippen LogP contribution in [0.3, 0.4) is 0 Å². The lowest BCUT2D eigenvalue weighted by Crippen LogP contribution is -1.88. The first-order valence-electron chi connectivity index (χ1n) is 4.81. The van der Waals surface area contributed by atoms with Gasteiger partial charge in [-0.3, -0.25) is 0 Å². The van der Waals surface area contributed by atoms with E-state index in [0.717, 1.165) is 0 Å². The van der Waals surface area contributed by atoms with Gasteiger partial charge in [0.1, 0.15) is 0 Å². The van der Waals surface area contributed by atoms with E-state index in [0.29, 0.717) is 0 Å². The number of hydrogen-bond donors (Lipinski definition) is 0. The van der Waals surface area contributed by atoms with Crippen molar-refractivity contribution in [1.82, 2.24) is 0 Å². The zero-order chi connectivity index (χ0) is 11.1. The molecule has 0 heterocycles. The quantitative estimate of drug-likeness (QED) is 0.577. The van der Waals surface area contributed by atoms with Gasteiger partial charge in [-0.15, -0.1) is 0 Å². The Morgan fingerprint density at radius 3 is 1.29 bits per heavy atom. The molecule has 1 aromatic rings. The third kappa shape index (κ3) is 3.61. The van der Waals surface area contributed by atoms with E-state index in [1.54, 1.807) is 12.2 Å². The Labute approximate surface area is 88.0 Å². The van der Waals surface area contributed by atoms with Gasteiger partial charge in [0.2, 0.25) is 0 Å². The Morgan fingerprint density at radius 1 is 0.786 bits per heavy atom. The summed E-state index contributed by atoms with van der Waals surface area (Å²) < 4.78 is 0. The van der Waals surface area contributed by atoms with Gasteiger partial charge in [0, 0.05) is 0 Å². The molecule has 0 unspecified atom stereocenters. The monoisotopic (exact) mass is 188 g/mol. The zero-order valence-corrected chi connectivity index (χ0v) is 9.72. The lowest BCUT2D eigenvalue weighted by atomic mass is 10.0. The topological polar surface area (TPSA) is 0 Å². The van der Waals surface area contributed by atoms with Crippen molar-refractivity contribution in [2.24, 2.45) is 0 Å². The molecule has 0 aliphatic carbocycles. The van der Waals surface area contributed by atoms with E-state index in [4.69, 9.17) is 0 Å². The van der Waals surface area contributed by atoms with E-state index >= 15 is 0 Å². The molecule has 0 bridgehead atoms. The molecule has 0 saturated carbocycles. The van der Waals surface area contributed by atoms with E-state index in [2.05, 4.69) is 53.0 Å². The van der Waals surface area contributed by atoms with Crippen molar-refractivity contribution in [3.63, 3.8) is 0 Å². The van der Waals surface area contributed by atoms with E-state index in [1.165, 1.54) is 22.3 Å². The second-order valence-electron chi connectivity index (χ2n) is 3.42. The highest BCUT2D eigenvalue weighted by Gasteiger charge is 1.97. The molecule has 14 heavy (non-hydrogen) atoms. The molecule has 0 fully saturated rings. The number of aryl methyl sites for hydroxylation is 2. The van der Waals surface area contributed by atoms with Crippen LogP contribution in [0.15, 0.2) is 37.4 Å². The van der Waals surface area contributed by atoms with Gasteiger partial charge in [-0.25, -0.2) is 0 Å². The van der Waals surface area contributed by atoms with Gasteiger partial charge in [0.05, 0.1) is 0 Å². The molecule has 0 nitrogen and oxygen atoms in total. The Balaban J connectivity index is 0.000000364. The molecule has 0 radical (unpaired) electrons. The summed E-state index contributed by atoms with van der Waals surface area (Å²) in [6.07, 6.45) is 3.28. The lowest BCUT2D eigenvalue weighted by Gasteiger charge is -2.06. The Morgan fingerprint density at radius 2 is 1.07 bits per heavy atom. The average molecular weight is 188 g/mol. The number of allylic oxidation sites excluding steroid dienone is 2. The predicted molar refractivity (Wildman–Crippen MR) is 65.8 cm³/mol. The van der Waals surface area contributed by atoms with Crippen molar-refractivity contribution in [3.8, 4) is 0 Å². The second-order valence-corrected chi connectivity index (χ2v) is 3.42. The Bertz CT molecular complexity index is 286. The summed E-state index contributed by atoms with van der Waals surface area (Å²) in [5.74, 6) is 0. The van der Waals surface area contributed by atoms with Crippen LogP contribution in [0.5, 0.6) is 0 Å². The van der Waals surface area contributed by atoms with Crippen molar-refractivity contribution in [3.05, 3.63) is 59.7 Å². The van der Waals surface area contributed by atoms with Gasteiger partial charge in [0.25, 0.3) is 0 Å². The largest absolute Gasteiger partial charge is 0.0991 e. The minimum Gasteiger partial charge on any atom is -0.0991 e. The van der Waals surface area contributed by atoms with Crippen LogP contribution in [0.2, 0.25) is 0 Å². The van der Waals surface area contributed by atoms with Crippen molar-refractivity contribution >= 4 is 0 Å². The van der Waals surface area contributed by atoms with Crippen LogP contribution in [-0.2, 0) is 0 Å². The number of benzene rings is 1. The van der Waals surface area contributed by atoms with Gasteiger partial charge >= 0.3 is 0 Å². The predicted octanol–water partition coefficient (Wildman–Crippen LogP) is 4.28. The maximum Gasteiger partial charge on any atom is -0.0392 e. The first-order valence-corrected chi connectivity index (χ1v) is 4.81. The normalized spacial score (nSPS) is 8.57. The summed E-state index contributed by atoms with van der Waals surface area (Å²) in [6.45, 7) is 15.4. The molecule has 1 aromatic carbocycles. The average Bonchev–Trinajstić information content (AvgIpc) is 2.21. The van der Waals surface area contributed by atoms with E-state index in [-0.39, 0.29) is 0 Å². The number of rotatable bonds is 1. The molecule has 0 aromatic heterocycles. The summed E-state index contributed by atoms with van der Waals surface area (Å²) in [6, 6.07) is 4.36. The highest BCUT2D eigenvalue weighted by Crippen LogP contribution is 2.15. The van der Waals surface area contributed by atoms with Crippen LogP contribution in [-0.4, -0.2) is 0 Å². The standard InChI is InChI=1S/C10H14.C4H6/c1-7-5-6-8(2)10(4)9(7)3;1-3-4-2/h5-6H,1-4H3;3-4H,1-2H2. The molecule has 0 aliphatic heterocycles. The maximum atomic E-state index is 3.36. The Hall–Kier alpha value is -1.30. The molecular formula is C14H20. The van der Waals surface area contributed by atoms with Gasteiger partial charge in [-0.05, 0) is 49.9 Å². The lowest BCUT2D eigenvalue weighted by molar-refractivity contribution is 1.22. The molecule has 1 rings (SSSR count). The van der Waals surface area contributed by atoms with Gasteiger partial charge in [-0.2, -0.15) is 0 Å². The molecule has 76 valence electrons. The summed E-state index contributed by atoms with van der Waals surface area (Å²) in [7, 11) is 0. The molecule has 0 heteroatoms. The fraction of sp³-hybridized carbons (Fsp3) is 0.286. The van der Waals surface area contributed by atoms with Crippen LogP contribution >= 0.6 is 0 Å². The molecule has 0 aliphatic rings. The number of hydrogen-bond acceptors (Lipinski definition) is 0. The summed E-state index contributed by atoms with van der Waals surface area (Å²) in [5.41, 5.74) is 5.64. The minimum atomic E-state index is 1.39. The van der Waals surface area contributed by atoms with Crippen molar-refractivity contribution in [2.75, 3.05) is 0 Å².